The first-order valence-corrected chi connectivity index (χ1v) is 10.5. The van der Waals surface area contributed by atoms with E-state index in [4.69, 9.17) is 9.47 Å². The summed E-state index contributed by atoms with van der Waals surface area (Å²) in [4.78, 5) is 9.89. The molecule has 0 aliphatic carbocycles. The maximum Gasteiger partial charge on any atom is 0.139 e. The van der Waals surface area contributed by atoms with Gasteiger partial charge in [0.1, 0.15) is 28.5 Å². The maximum absolute atomic E-state index is 9.62. The third-order valence-corrected chi connectivity index (χ3v) is 5.90. The molecule has 2 aromatic carbocycles. The standard InChI is InChI=1S/C23H23N3O3S/c1-28-17-7-3-15(4-8-17)19-13-30-23-21(19)22(24-14-25-23)26-20(11-12-27)16-5-9-18(29-2)10-6-16/h3-10,13-14,20,27H,11-12H2,1-2H3,(H,24,25,26). The van der Waals surface area contributed by atoms with E-state index < -0.39 is 0 Å². The summed E-state index contributed by atoms with van der Waals surface area (Å²) in [7, 11) is 3.30. The minimum absolute atomic E-state index is 0.0624. The number of nitrogens with one attached hydrogen (secondary N) is 1. The Bertz CT molecular complexity index is 1110. The highest BCUT2D eigenvalue weighted by Crippen LogP contribution is 2.38. The first-order chi connectivity index (χ1) is 14.7. The fourth-order valence-corrected chi connectivity index (χ4v) is 4.34. The lowest BCUT2D eigenvalue weighted by atomic mass is 10.0. The molecule has 0 amide bonds. The monoisotopic (exact) mass is 421 g/mol. The van der Waals surface area contributed by atoms with Gasteiger partial charge < -0.3 is 19.9 Å². The number of hydrogen-bond acceptors (Lipinski definition) is 7. The number of benzene rings is 2. The second kappa shape index (κ2) is 9.11. The van der Waals surface area contributed by atoms with E-state index in [2.05, 4.69) is 20.7 Å². The molecule has 2 N–H and O–H groups in total. The van der Waals surface area contributed by atoms with E-state index in [1.165, 1.54) is 0 Å². The van der Waals surface area contributed by atoms with Crippen molar-refractivity contribution in [3.63, 3.8) is 0 Å². The van der Waals surface area contributed by atoms with Crippen molar-refractivity contribution in [3.05, 3.63) is 65.8 Å². The summed E-state index contributed by atoms with van der Waals surface area (Å²) in [5.41, 5.74) is 3.19. The molecule has 0 spiro atoms. The summed E-state index contributed by atoms with van der Waals surface area (Å²) in [6, 6.07) is 15.7. The molecule has 1 atom stereocenters. The molecule has 0 saturated heterocycles. The van der Waals surface area contributed by atoms with Crippen molar-refractivity contribution in [1.29, 1.82) is 0 Å². The lowest BCUT2D eigenvalue weighted by molar-refractivity contribution is 0.280. The van der Waals surface area contributed by atoms with E-state index in [1.54, 1.807) is 31.9 Å². The number of ether oxygens (including phenoxy) is 2. The third kappa shape index (κ3) is 4.08. The van der Waals surface area contributed by atoms with Crippen LogP contribution in [0.5, 0.6) is 11.5 Å². The Morgan fingerprint density at radius 3 is 2.27 bits per heavy atom. The van der Waals surface area contributed by atoms with E-state index in [0.717, 1.165) is 44.2 Å². The number of rotatable bonds is 8. The predicted molar refractivity (Wildman–Crippen MR) is 120 cm³/mol. The summed E-state index contributed by atoms with van der Waals surface area (Å²) in [5.74, 6) is 2.36. The highest BCUT2D eigenvalue weighted by molar-refractivity contribution is 7.17. The first kappa shape index (κ1) is 20.1. The van der Waals surface area contributed by atoms with Gasteiger partial charge >= 0.3 is 0 Å². The van der Waals surface area contributed by atoms with Crippen molar-refractivity contribution in [2.24, 2.45) is 0 Å². The average Bonchev–Trinajstić information content (AvgIpc) is 3.24. The highest BCUT2D eigenvalue weighted by Gasteiger charge is 2.17. The van der Waals surface area contributed by atoms with Gasteiger partial charge in [0.05, 0.1) is 25.6 Å². The van der Waals surface area contributed by atoms with Gasteiger partial charge in [0.15, 0.2) is 0 Å². The van der Waals surface area contributed by atoms with Crippen LogP contribution in [0.25, 0.3) is 21.3 Å². The van der Waals surface area contributed by atoms with E-state index in [0.29, 0.717) is 6.42 Å². The number of aromatic nitrogens is 2. The van der Waals surface area contributed by atoms with Gasteiger partial charge in [0.25, 0.3) is 0 Å². The molecule has 154 valence electrons. The van der Waals surface area contributed by atoms with Gasteiger partial charge in [-0.15, -0.1) is 11.3 Å². The zero-order valence-corrected chi connectivity index (χ0v) is 17.6. The van der Waals surface area contributed by atoms with Crippen LogP contribution in [0.4, 0.5) is 5.82 Å². The Morgan fingerprint density at radius 2 is 1.63 bits per heavy atom. The van der Waals surface area contributed by atoms with Crippen LogP contribution in [0.15, 0.2) is 60.2 Å². The quantitative estimate of drug-likeness (QED) is 0.421. The minimum atomic E-state index is -0.0948. The fraction of sp³-hybridized carbons (Fsp3) is 0.217. The summed E-state index contributed by atoms with van der Waals surface area (Å²) in [6.07, 6.45) is 2.13. The number of methoxy groups -OCH3 is 2. The molecule has 0 radical (unpaired) electrons. The van der Waals surface area contributed by atoms with Crippen LogP contribution in [-0.2, 0) is 0 Å². The van der Waals surface area contributed by atoms with Gasteiger partial charge in [-0.2, -0.15) is 0 Å². The lowest BCUT2D eigenvalue weighted by Gasteiger charge is -2.20. The normalized spacial score (nSPS) is 12.0. The van der Waals surface area contributed by atoms with Gasteiger partial charge in [-0.25, -0.2) is 9.97 Å². The first-order valence-electron chi connectivity index (χ1n) is 9.61. The van der Waals surface area contributed by atoms with E-state index >= 15 is 0 Å². The molecule has 6 nitrogen and oxygen atoms in total. The lowest BCUT2D eigenvalue weighted by Crippen LogP contribution is -2.13. The average molecular weight is 422 g/mol. The van der Waals surface area contributed by atoms with Crippen molar-refractivity contribution in [3.8, 4) is 22.6 Å². The molecule has 0 fully saturated rings. The highest BCUT2D eigenvalue weighted by atomic mass is 32.1. The Kier molecular flexibility index (Phi) is 6.11. The SMILES string of the molecule is COc1ccc(-c2csc3ncnc(NC(CCO)c4ccc(OC)cc4)c23)cc1. The third-order valence-electron chi connectivity index (χ3n) is 5.02. The number of anilines is 1. The molecule has 0 bridgehead atoms. The fourth-order valence-electron chi connectivity index (χ4n) is 3.42. The molecular weight excluding hydrogens is 398 g/mol. The maximum atomic E-state index is 9.62. The molecular formula is C23H23N3O3S. The van der Waals surface area contributed by atoms with Gasteiger partial charge in [0.2, 0.25) is 0 Å². The van der Waals surface area contributed by atoms with Crippen LogP contribution in [-0.4, -0.2) is 35.9 Å². The van der Waals surface area contributed by atoms with Gasteiger partial charge in [0, 0.05) is 17.6 Å². The molecule has 1 unspecified atom stereocenters. The Morgan fingerprint density at radius 1 is 0.967 bits per heavy atom. The molecule has 4 rings (SSSR count). The van der Waals surface area contributed by atoms with Crippen LogP contribution >= 0.6 is 11.3 Å². The molecule has 30 heavy (non-hydrogen) atoms. The minimum Gasteiger partial charge on any atom is -0.497 e. The number of thiophene rings is 1. The van der Waals surface area contributed by atoms with E-state index in [9.17, 15) is 5.11 Å². The second-order valence-electron chi connectivity index (χ2n) is 6.76. The molecule has 0 aliphatic heterocycles. The van der Waals surface area contributed by atoms with E-state index in [1.807, 2.05) is 48.5 Å². The van der Waals surface area contributed by atoms with Crippen LogP contribution in [0.1, 0.15) is 18.0 Å². The number of aliphatic hydroxyl groups is 1. The van der Waals surface area contributed by atoms with Crippen LogP contribution < -0.4 is 14.8 Å². The van der Waals surface area contributed by atoms with Crippen molar-refractivity contribution in [2.75, 3.05) is 26.1 Å². The van der Waals surface area contributed by atoms with Gasteiger partial charge in [-0.1, -0.05) is 24.3 Å². The summed E-state index contributed by atoms with van der Waals surface area (Å²) in [5, 5.41) is 16.2. The van der Waals surface area contributed by atoms with Gasteiger partial charge in [-0.05, 0) is 41.8 Å². The largest absolute Gasteiger partial charge is 0.497 e. The molecule has 4 aromatic rings. The van der Waals surface area contributed by atoms with Crippen molar-refractivity contribution < 1.29 is 14.6 Å². The predicted octanol–water partition coefficient (Wildman–Crippen LogP) is 4.91. The van der Waals surface area contributed by atoms with Gasteiger partial charge in [-0.3, -0.25) is 0 Å². The van der Waals surface area contributed by atoms with Crippen LogP contribution in [0.3, 0.4) is 0 Å². The van der Waals surface area contributed by atoms with Crippen LogP contribution in [0.2, 0.25) is 0 Å². The zero-order valence-electron chi connectivity index (χ0n) is 16.8. The summed E-state index contributed by atoms with van der Waals surface area (Å²) < 4.78 is 10.5. The van der Waals surface area contributed by atoms with Crippen molar-refractivity contribution >= 4 is 27.4 Å². The number of fused-ring (bicyclic) bond motifs is 1. The Balaban J connectivity index is 1.72. The molecule has 0 saturated carbocycles. The second-order valence-corrected chi connectivity index (χ2v) is 7.62. The Labute approximate surface area is 179 Å². The molecule has 7 heteroatoms. The van der Waals surface area contributed by atoms with Crippen molar-refractivity contribution in [2.45, 2.75) is 12.5 Å². The number of nitrogens with zero attached hydrogens (tertiary/aromatic N) is 2. The summed E-state index contributed by atoms with van der Waals surface area (Å²) >= 11 is 1.59. The van der Waals surface area contributed by atoms with Crippen LogP contribution in [0, 0.1) is 0 Å². The number of hydrogen-bond donors (Lipinski definition) is 2. The smallest absolute Gasteiger partial charge is 0.139 e. The molecule has 0 aliphatic rings. The molecule has 2 heterocycles. The summed E-state index contributed by atoms with van der Waals surface area (Å²) in [6.45, 7) is 0.0624. The topological polar surface area (TPSA) is 76.5 Å². The van der Waals surface area contributed by atoms with E-state index in [-0.39, 0.29) is 12.6 Å². The van der Waals surface area contributed by atoms with Crippen molar-refractivity contribution in [1.82, 2.24) is 9.97 Å². The number of aliphatic hydroxyl groups excluding tert-OH is 1. The molecule has 2 aromatic heterocycles. The zero-order chi connectivity index (χ0) is 20.9. The Hall–Kier alpha value is -3.16.